The number of ether oxygens (including phenoxy) is 2. The third kappa shape index (κ3) is 3.58. The van der Waals surface area contributed by atoms with Crippen molar-refractivity contribution in [2.75, 3.05) is 7.11 Å². The molecule has 1 heterocycles. The molecule has 0 saturated heterocycles. The molecule has 0 aliphatic carbocycles. The van der Waals surface area contributed by atoms with E-state index >= 15 is 0 Å². The molecule has 4 aromatic rings. The van der Waals surface area contributed by atoms with Crippen molar-refractivity contribution in [3.63, 3.8) is 0 Å². The highest BCUT2D eigenvalue weighted by Gasteiger charge is 2.16. The van der Waals surface area contributed by atoms with Crippen LogP contribution in [0.25, 0.3) is 10.9 Å². The zero-order valence-corrected chi connectivity index (χ0v) is 15.5. The Morgan fingerprint density at radius 2 is 1.68 bits per heavy atom. The first-order valence-electron chi connectivity index (χ1n) is 8.99. The van der Waals surface area contributed by atoms with E-state index in [1.54, 1.807) is 37.6 Å². The lowest BCUT2D eigenvalue weighted by Crippen LogP contribution is -2.04. The largest absolute Gasteiger partial charge is 0.493 e. The van der Waals surface area contributed by atoms with E-state index in [2.05, 4.69) is 4.98 Å². The van der Waals surface area contributed by atoms with E-state index < -0.39 is 0 Å². The third-order valence-electron chi connectivity index (χ3n) is 4.56. The average molecular weight is 369 g/mol. The molecule has 0 aliphatic heterocycles. The molecule has 0 fully saturated rings. The number of para-hydroxylation sites is 1. The number of fused-ring (bicyclic) bond motifs is 1. The summed E-state index contributed by atoms with van der Waals surface area (Å²) in [5.74, 6) is 1.05. The predicted octanol–water partition coefficient (Wildman–Crippen LogP) is 5.05. The minimum Gasteiger partial charge on any atom is -0.493 e. The van der Waals surface area contributed by atoms with Crippen molar-refractivity contribution in [2.45, 2.75) is 6.61 Å². The summed E-state index contributed by atoms with van der Waals surface area (Å²) in [6, 6.07) is 24.5. The number of pyridine rings is 1. The van der Waals surface area contributed by atoms with Crippen LogP contribution in [0.1, 0.15) is 21.5 Å². The molecule has 0 N–H and O–H groups in total. The molecule has 4 rings (SSSR count). The Bertz CT molecular complexity index is 1120. The molecule has 0 amide bonds. The van der Waals surface area contributed by atoms with Crippen molar-refractivity contribution in [1.29, 1.82) is 0 Å². The Labute approximate surface area is 163 Å². The van der Waals surface area contributed by atoms with Crippen LogP contribution in [0.5, 0.6) is 11.5 Å². The van der Waals surface area contributed by atoms with Gasteiger partial charge in [-0.25, -0.2) is 0 Å². The number of hydrogen-bond donors (Lipinski definition) is 0. The number of benzene rings is 3. The molecule has 4 nitrogen and oxygen atoms in total. The summed E-state index contributed by atoms with van der Waals surface area (Å²) in [5.41, 5.74) is 3.02. The number of carbonyl (C=O) groups excluding carboxylic acids is 1. The summed E-state index contributed by atoms with van der Waals surface area (Å²) in [7, 11) is 1.57. The summed E-state index contributed by atoms with van der Waals surface area (Å²) in [6.07, 6.45) is 1.66. The van der Waals surface area contributed by atoms with Crippen LogP contribution in [-0.2, 0) is 6.61 Å². The zero-order chi connectivity index (χ0) is 19.3. The monoisotopic (exact) mass is 369 g/mol. The van der Waals surface area contributed by atoms with Gasteiger partial charge in [0.15, 0.2) is 17.3 Å². The first kappa shape index (κ1) is 17.7. The Kier molecular flexibility index (Phi) is 5.02. The molecule has 4 heteroatoms. The van der Waals surface area contributed by atoms with Crippen molar-refractivity contribution in [2.24, 2.45) is 0 Å². The summed E-state index contributed by atoms with van der Waals surface area (Å²) in [4.78, 5) is 17.4. The number of methoxy groups -OCH3 is 1. The van der Waals surface area contributed by atoms with Gasteiger partial charge in [-0.2, -0.15) is 0 Å². The van der Waals surface area contributed by atoms with E-state index in [1.165, 1.54) is 0 Å². The molecule has 138 valence electrons. The van der Waals surface area contributed by atoms with Crippen LogP contribution < -0.4 is 9.47 Å². The molecule has 0 unspecified atom stereocenters. The fourth-order valence-electron chi connectivity index (χ4n) is 3.11. The Morgan fingerprint density at radius 1 is 0.893 bits per heavy atom. The van der Waals surface area contributed by atoms with Crippen LogP contribution in [0.3, 0.4) is 0 Å². The van der Waals surface area contributed by atoms with E-state index in [9.17, 15) is 4.79 Å². The number of rotatable bonds is 6. The second-order valence-electron chi connectivity index (χ2n) is 6.34. The van der Waals surface area contributed by atoms with E-state index in [0.717, 1.165) is 16.5 Å². The van der Waals surface area contributed by atoms with Crippen LogP contribution in [0.4, 0.5) is 0 Å². The Morgan fingerprint density at radius 3 is 2.50 bits per heavy atom. The highest BCUT2D eigenvalue weighted by atomic mass is 16.5. The SMILES string of the molecule is COc1cc(C(=O)c2ccnc3ccccc23)ccc1OCc1ccccc1. The van der Waals surface area contributed by atoms with Crippen LogP contribution >= 0.6 is 0 Å². The van der Waals surface area contributed by atoms with Crippen molar-refractivity contribution >= 4 is 16.7 Å². The predicted molar refractivity (Wildman–Crippen MR) is 109 cm³/mol. The second kappa shape index (κ2) is 7.92. The summed E-state index contributed by atoms with van der Waals surface area (Å²) in [6.45, 7) is 0.430. The van der Waals surface area contributed by atoms with Crippen LogP contribution in [0.15, 0.2) is 85.1 Å². The molecule has 3 aromatic carbocycles. The van der Waals surface area contributed by atoms with Crippen molar-refractivity contribution in [1.82, 2.24) is 4.98 Å². The van der Waals surface area contributed by atoms with Gasteiger partial charge >= 0.3 is 0 Å². The third-order valence-corrected chi connectivity index (χ3v) is 4.56. The zero-order valence-electron chi connectivity index (χ0n) is 15.5. The minimum absolute atomic E-state index is 0.0773. The Hall–Kier alpha value is -3.66. The summed E-state index contributed by atoms with van der Waals surface area (Å²) in [5, 5.41) is 0.832. The molecule has 0 atom stereocenters. The fourth-order valence-corrected chi connectivity index (χ4v) is 3.11. The normalized spacial score (nSPS) is 10.6. The highest BCUT2D eigenvalue weighted by molar-refractivity contribution is 6.16. The molecule has 0 bridgehead atoms. The maximum absolute atomic E-state index is 13.1. The van der Waals surface area contributed by atoms with Gasteiger partial charge in [0.1, 0.15) is 6.61 Å². The molecular weight excluding hydrogens is 350 g/mol. The molecule has 28 heavy (non-hydrogen) atoms. The van der Waals surface area contributed by atoms with E-state index in [0.29, 0.717) is 29.2 Å². The Balaban J connectivity index is 1.62. The maximum atomic E-state index is 13.1. The standard InChI is InChI=1S/C24H19NO3/c1-27-23-15-18(11-12-22(23)28-16-17-7-3-2-4-8-17)24(26)20-13-14-25-21-10-6-5-9-19(20)21/h2-15H,16H2,1H3. The minimum atomic E-state index is -0.0773. The first-order chi connectivity index (χ1) is 13.8. The van der Waals surface area contributed by atoms with E-state index in [1.807, 2.05) is 54.6 Å². The lowest BCUT2D eigenvalue weighted by Gasteiger charge is -2.12. The maximum Gasteiger partial charge on any atom is 0.193 e. The van der Waals surface area contributed by atoms with Crippen LogP contribution in [0, 0.1) is 0 Å². The van der Waals surface area contributed by atoms with Crippen molar-refractivity contribution in [3.05, 3.63) is 102 Å². The molecular formula is C24H19NO3. The quantitative estimate of drug-likeness (QED) is 0.446. The number of nitrogens with zero attached hydrogens (tertiary/aromatic N) is 1. The van der Waals surface area contributed by atoms with E-state index in [-0.39, 0.29) is 5.78 Å². The molecule has 1 aromatic heterocycles. The number of ketones is 1. The fraction of sp³-hybridized carbons (Fsp3) is 0.0833. The van der Waals surface area contributed by atoms with Crippen LogP contribution in [0.2, 0.25) is 0 Å². The van der Waals surface area contributed by atoms with Gasteiger partial charge in [-0.1, -0.05) is 48.5 Å². The van der Waals surface area contributed by atoms with Gasteiger partial charge in [0.2, 0.25) is 0 Å². The summed E-state index contributed by atoms with van der Waals surface area (Å²) < 4.78 is 11.3. The average Bonchev–Trinajstić information content (AvgIpc) is 2.77. The van der Waals surface area contributed by atoms with Gasteiger partial charge in [0.25, 0.3) is 0 Å². The second-order valence-corrected chi connectivity index (χ2v) is 6.34. The van der Waals surface area contributed by atoms with Gasteiger partial charge < -0.3 is 9.47 Å². The van der Waals surface area contributed by atoms with Crippen LogP contribution in [-0.4, -0.2) is 17.9 Å². The smallest absolute Gasteiger partial charge is 0.193 e. The lowest BCUT2D eigenvalue weighted by atomic mass is 9.99. The molecule has 0 aliphatic rings. The van der Waals surface area contributed by atoms with E-state index in [4.69, 9.17) is 9.47 Å². The highest BCUT2D eigenvalue weighted by Crippen LogP contribution is 2.30. The number of aromatic nitrogens is 1. The van der Waals surface area contributed by atoms with Gasteiger partial charge in [-0.3, -0.25) is 9.78 Å². The number of hydrogen-bond acceptors (Lipinski definition) is 4. The topological polar surface area (TPSA) is 48.4 Å². The first-order valence-corrected chi connectivity index (χ1v) is 8.99. The van der Waals surface area contributed by atoms with Gasteiger partial charge in [-0.15, -0.1) is 0 Å². The van der Waals surface area contributed by atoms with Crippen molar-refractivity contribution in [3.8, 4) is 11.5 Å². The molecule has 0 radical (unpaired) electrons. The molecule has 0 spiro atoms. The summed E-state index contributed by atoms with van der Waals surface area (Å²) >= 11 is 0. The lowest BCUT2D eigenvalue weighted by molar-refractivity contribution is 0.104. The number of carbonyl (C=O) groups is 1. The van der Waals surface area contributed by atoms with Gasteiger partial charge in [-0.05, 0) is 35.9 Å². The molecule has 0 saturated carbocycles. The van der Waals surface area contributed by atoms with Gasteiger partial charge in [0.05, 0.1) is 12.6 Å². The van der Waals surface area contributed by atoms with Gasteiger partial charge in [0, 0.05) is 22.7 Å². The van der Waals surface area contributed by atoms with Crippen molar-refractivity contribution < 1.29 is 14.3 Å².